The molecule has 10 aromatic rings. The summed E-state index contributed by atoms with van der Waals surface area (Å²) in [6, 6.07) is 81.3. The lowest BCUT2D eigenvalue weighted by molar-refractivity contribution is 1.28. The Hall–Kier alpha value is -7.22. The van der Waals surface area contributed by atoms with E-state index in [1.165, 1.54) is 76.8 Å². The van der Waals surface area contributed by atoms with Crippen molar-refractivity contribution < 1.29 is 0 Å². The fraction of sp³-hybridized carbons (Fsp3) is 0. The molecule has 0 amide bonds. The Balaban J connectivity index is 1.09. The Morgan fingerprint density at radius 3 is 1.25 bits per heavy atom. The predicted octanol–water partition coefficient (Wildman–Crippen LogP) is 15.3. The van der Waals surface area contributed by atoms with E-state index >= 15 is 0 Å². The van der Waals surface area contributed by atoms with Crippen molar-refractivity contribution in [3.63, 3.8) is 0 Å². The summed E-state index contributed by atoms with van der Waals surface area (Å²) in [5.41, 5.74) is 12.9. The molecule has 10 rings (SSSR count). The summed E-state index contributed by atoms with van der Waals surface area (Å²) in [7, 11) is 0. The van der Waals surface area contributed by atoms with E-state index in [1.54, 1.807) is 0 Å². The predicted molar refractivity (Wildman–Crippen MR) is 235 cm³/mol. The highest BCUT2D eigenvalue weighted by molar-refractivity contribution is 6.25. The lowest BCUT2D eigenvalue weighted by Crippen LogP contribution is -2.11. The summed E-state index contributed by atoms with van der Waals surface area (Å²) in [6.45, 7) is 0. The molecule has 0 bridgehead atoms. The average molecular weight is 700 g/mol. The maximum absolute atomic E-state index is 2.39. The minimum absolute atomic E-state index is 1.10. The molecule has 0 aromatic heterocycles. The maximum Gasteiger partial charge on any atom is 0.0540 e. The second-order valence-electron chi connectivity index (χ2n) is 14.1. The number of fused-ring (bicyclic) bond motifs is 6. The van der Waals surface area contributed by atoms with Gasteiger partial charge in [0, 0.05) is 16.9 Å². The molecule has 0 saturated carbocycles. The number of benzene rings is 10. The molecule has 10 aromatic carbocycles. The second kappa shape index (κ2) is 14.0. The Kier molecular flexibility index (Phi) is 8.24. The quantitative estimate of drug-likeness (QED) is 0.150. The lowest BCUT2D eigenvalue weighted by Gasteiger charge is -2.28. The van der Waals surface area contributed by atoms with Crippen molar-refractivity contribution >= 4 is 49.4 Å². The minimum Gasteiger partial charge on any atom is -0.310 e. The molecule has 0 aliphatic heterocycles. The fourth-order valence-corrected chi connectivity index (χ4v) is 8.16. The Morgan fingerprint density at radius 2 is 0.618 bits per heavy atom. The van der Waals surface area contributed by atoms with Crippen LogP contribution in [0.2, 0.25) is 0 Å². The fourth-order valence-electron chi connectivity index (χ4n) is 8.16. The summed E-state index contributed by atoms with van der Waals surface area (Å²) < 4.78 is 0. The van der Waals surface area contributed by atoms with E-state index in [4.69, 9.17) is 0 Å². The molecular formula is C54H37N. The van der Waals surface area contributed by atoms with E-state index in [1.807, 2.05) is 0 Å². The molecule has 0 unspecified atom stereocenters. The van der Waals surface area contributed by atoms with Gasteiger partial charge in [-0.2, -0.15) is 0 Å². The average Bonchev–Trinajstić information content (AvgIpc) is 3.28. The summed E-state index contributed by atoms with van der Waals surface area (Å²) in [6.07, 6.45) is 0. The van der Waals surface area contributed by atoms with E-state index < -0.39 is 0 Å². The zero-order chi connectivity index (χ0) is 36.6. The molecule has 1 nitrogen and oxygen atoms in total. The number of hydrogen-bond acceptors (Lipinski definition) is 1. The van der Waals surface area contributed by atoms with Gasteiger partial charge < -0.3 is 4.90 Å². The van der Waals surface area contributed by atoms with Crippen LogP contribution in [0.15, 0.2) is 224 Å². The first-order chi connectivity index (χ1) is 27.3. The Labute approximate surface area is 322 Å². The second-order valence-corrected chi connectivity index (χ2v) is 14.1. The highest BCUT2D eigenvalue weighted by atomic mass is 15.1. The molecule has 0 aliphatic rings. The van der Waals surface area contributed by atoms with Crippen LogP contribution >= 0.6 is 0 Å². The largest absolute Gasteiger partial charge is 0.310 e. The van der Waals surface area contributed by atoms with Crippen LogP contribution in [0.5, 0.6) is 0 Å². The molecule has 0 saturated heterocycles. The highest BCUT2D eigenvalue weighted by Gasteiger charge is 2.19. The Bertz CT molecular complexity index is 2910. The Morgan fingerprint density at radius 1 is 0.218 bits per heavy atom. The third-order valence-corrected chi connectivity index (χ3v) is 10.8. The van der Waals surface area contributed by atoms with Crippen molar-refractivity contribution in [3.05, 3.63) is 224 Å². The van der Waals surface area contributed by atoms with Gasteiger partial charge in [-0.3, -0.25) is 0 Å². The summed E-state index contributed by atoms with van der Waals surface area (Å²) in [5, 5.41) is 7.74. The number of hydrogen-bond donors (Lipinski definition) is 0. The van der Waals surface area contributed by atoms with Crippen LogP contribution in [0.25, 0.3) is 76.8 Å². The zero-order valence-electron chi connectivity index (χ0n) is 30.3. The van der Waals surface area contributed by atoms with Crippen molar-refractivity contribution in [2.24, 2.45) is 0 Å². The van der Waals surface area contributed by atoms with Gasteiger partial charge in [0.2, 0.25) is 0 Å². The molecule has 55 heavy (non-hydrogen) atoms. The first kappa shape index (κ1) is 32.4. The van der Waals surface area contributed by atoms with E-state index in [0.717, 1.165) is 17.1 Å². The van der Waals surface area contributed by atoms with Crippen molar-refractivity contribution in [2.75, 3.05) is 4.90 Å². The van der Waals surface area contributed by atoms with Crippen molar-refractivity contribution in [1.82, 2.24) is 0 Å². The van der Waals surface area contributed by atoms with E-state index in [-0.39, 0.29) is 0 Å². The van der Waals surface area contributed by atoms with Gasteiger partial charge in [0.05, 0.1) is 5.69 Å². The van der Waals surface area contributed by atoms with E-state index in [0.29, 0.717) is 0 Å². The standard InChI is InChI=1S/C54H37N/c1-4-15-38(16-5-1)41-19-14-20-42(35-41)44-30-34-54(52(36-44)40-17-6-2-7-18-40)55(45-21-8-3-9-22-45)46-31-27-39(28-32-46)43-29-33-51-49-25-11-10-23-47(49)48-24-12-13-26-50(48)53(51)37-43/h1-37H. The normalized spacial score (nSPS) is 11.3. The molecule has 0 atom stereocenters. The zero-order valence-corrected chi connectivity index (χ0v) is 30.3. The molecule has 0 radical (unpaired) electrons. The van der Waals surface area contributed by atoms with Gasteiger partial charge in [0.1, 0.15) is 0 Å². The summed E-state index contributed by atoms with van der Waals surface area (Å²) >= 11 is 0. The minimum atomic E-state index is 1.10. The highest BCUT2D eigenvalue weighted by Crippen LogP contribution is 2.44. The SMILES string of the molecule is c1ccc(-c2cccc(-c3ccc(N(c4ccccc4)c4ccc(-c5ccc6c7ccccc7c7ccccc7c6c5)cc4)c(-c4ccccc4)c3)c2)cc1. The summed E-state index contributed by atoms with van der Waals surface area (Å²) in [5.74, 6) is 0. The van der Waals surface area contributed by atoms with Crippen LogP contribution < -0.4 is 4.90 Å². The third kappa shape index (κ3) is 6.02. The number of para-hydroxylation sites is 1. The first-order valence-corrected chi connectivity index (χ1v) is 18.9. The van der Waals surface area contributed by atoms with Gasteiger partial charge in [-0.15, -0.1) is 0 Å². The molecule has 1 heteroatoms. The van der Waals surface area contributed by atoms with Gasteiger partial charge in [0.25, 0.3) is 0 Å². The van der Waals surface area contributed by atoms with Gasteiger partial charge in [0.15, 0.2) is 0 Å². The van der Waals surface area contributed by atoms with Gasteiger partial charge in [-0.05, 0) is 120 Å². The van der Waals surface area contributed by atoms with Crippen LogP contribution in [0.3, 0.4) is 0 Å². The lowest BCUT2D eigenvalue weighted by atomic mass is 9.92. The number of rotatable bonds is 7. The first-order valence-electron chi connectivity index (χ1n) is 18.9. The smallest absolute Gasteiger partial charge is 0.0540 e. The molecule has 0 heterocycles. The van der Waals surface area contributed by atoms with Gasteiger partial charge in [-0.25, -0.2) is 0 Å². The third-order valence-electron chi connectivity index (χ3n) is 10.8. The van der Waals surface area contributed by atoms with Gasteiger partial charge in [-0.1, -0.05) is 176 Å². The number of anilines is 3. The topological polar surface area (TPSA) is 3.24 Å². The van der Waals surface area contributed by atoms with Crippen molar-refractivity contribution in [1.29, 1.82) is 0 Å². The molecule has 0 spiro atoms. The summed E-state index contributed by atoms with van der Waals surface area (Å²) in [4.78, 5) is 2.39. The number of nitrogens with zero attached hydrogens (tertiary/aromatic N) is 1. The van der Waals surface area contributed by atoms with E-state index in [9.17, 15) is 0 Å². The van der Waals surface area contributed by atoms with Crippen LogP contribution in [0.1, 0.15) is 0 Å². The van der Waals surface area contributed by atoms with Crippen molar-refractivity contribution in [2.45, 2.75) is 0 Å². The maximum atomic E-state index is 2.39. The molecule has 0 fully saturated rings. The molecule has 0 N–H and O–H groups in total. The monoisotopic (exact) mass is 699 g/mol. The van der Waals surface area contributed by atoms with E-state index in [2.05, 4.69) is 229 Å². The molecular weight excluding hydrogens is 663 g/mol. The van der Waals surface area contributed by atoms with Crippen LogP contribution in [0, 0.1) is 0 Å². The molecule has 258 valence electrons. The van der Waals surface area contributed by atoms with Crippen molar-refractivity contribution in [3.8, 4) is 44.5 Å². The van der Waals surface area contributed by atoms with Crippen LogP contribution in [-0.2, 0) is 0 Å². The van der Waals surface area contributed by atoms with Crippen LogP contribution in [0.4, 0.5) is 17.1 Å². The molecule has 0 aliphatic carbocycles. The van der Waals surface area contributed by atoms with Gasteiger partial charge >= 0.3 is 0 Å². The van der Waals surface area contributed by atoms with Crippen LogP contribution in [-0.4, -0.2) is 0 Å².